The van der Waals surface area contributed by atoms with E-state index in [-0.39, 0.29) is 6.04 Å². The number of aromatic nitrogens is 1. The Balaban J connectivity index is 2.15. The fraction of sp³-hybridized carbons (Fsp3) is 0.312. The predicted molar refractivity (Wildman–Crippen MR) is 75.9 cm³/mol. The zero-order chi connectivity index (χ0) is 15.5. The molecule has 2 rings (SSSR count). The highest BCUT2D eigenvalue weighted by Crippen LogP contribution is 2.30. The second kappa shape index (κ2) is 6.26. The normalized spacial score (nSPS) is 13.2. The topological polar surface area (TPSA) is 24.9 Å². The minimum absolute atomic E-state index is 0.0671. The smallest absolute Gasteiger partial charge is 0.313 e. The molecular weight excluding hydrogens is 277 g/mol. The van der Waals surface area contributed by atoms with Crippen LogP contribution < -0.4 is 5.32 Å². The van der Waals surface area contributed by atoms with E-state index in [2.05, 4.69) is 10.3 Å². The minimum atomic E-state index is -4.30. The first-order valence-corrected chi connectivity index (χ1v) is 6.66. The molecular formula is C16H17F3N2. The lowest BCUT2D eigenvalue weighted by atomic mass is 10.00. The molecule has 112 valence electrons. The Morgan fingerprint density at radius 3 is 2.24 bits per heavy atom. The molecule has 1 unspecified atom stereocenters. The van der Waals surface area contributed by atoms with E-state index in [1.807, 2.05) is 19.1 Å². The van der Waals surface area contributed by atoms with Crippen molar-refractivity contribution in [2.24, 2.45) is 0 Å². The average Bonchev–Trinajstić information content (AvgIpc) is 2.46. The molecule has 2 aromatic rings. The molecule has 0 aliphatic heterocycles. The minimum Gasteiger partial charge on any atom is -0.313 e. The number of halogens is 3. The van der Waals surface area contributed by atoms with Crippen molar-refractivity contribution >= 4 is 0 Å². The van der Waals surface area contributed by atoms with Gasteiger partial charge in [-0.25, -0.2) is 0 Å². The van der Waals surface area contributed by atoms with Gasteiger partial charge in [0.05, 0.1) is 5.56 Å². The standard InChI is InChI=1S/C16H17F3N2/c1-11-3-8-14(21-10-11)9-15(20-2)12-4-6-13(7-5-12)16(17,18)19/h3-8,10,15,20H,9H2,1-2H3. The van der Waals surface area contributed by atoms with Crippen LogP contribution in [0.3, 0.4) is 0 Å². The molecule has 0 saturated heterocycles. The highest BCUT2D eigenvalue weighted by molar-refractivity contribution is 5.28. The van der Waals surface area contributed by atoms with E-state index < -0.39 is 11.7 Å². The third-order valence-corrected chi connectivity index (χ3v) is 3.37. The number of aryl methyl sites for hydroxylation is 1. The van der Waals surface area contributed by atoms with Crippen molar-refractivity contribution in [2.45, 2.75) is 25.6 Å². The quantitative estimate of drug-likeness (QED) is 0.924. The van der Waals surface area contributed by atoms with E-state index in [1.54, 1.807) is 13.2 Å². The number of nitrogens with zero attached hydrogens (tertiary/aromatic N) is 1. The molecule has 1 atom stereocenters. The van der Waals surface area contributed by atoms with Crippen LogP contribution in [0, 0.1) is 6.92 Å². The Bertz CT molecular complexity index is 574. The monoisotopic (exact) mass is 294 g/mol. The van der Waals surface area contributed by atoms with Gasteiger partial charge >= 0.3 is 6.18 Å². The molecule has 21 heavy (non-hydrogen) atoms. The largest absolute Gasteiger partial charge is 0.416 e. The zero-order valence-electron chi connectivity index (χ0n) is 11.9. The van der Waals surface area contributed by atoms with Crippen LogP contribution in [-0.4, -0.2) is 12.0 Å². The number of nitrogens with one attached hydrogen (secondary N) is 1. The molecule has 5 heteroatoms. The van der Waals surface area contributed by atoms with Crippen LogP contribution in [0.4, 0.5) is 13.2 Å². The van der Waals surface area contributed by atoms with Crippen LogP contribution in [0.15, 0.2) is 42.6 Å². The lowest BCUT2D eigenvalue weighted by Gasteiger charge is -2.17. The summed E-state index contributed by atoms with van der Waals surface area (Å²) in [5, 5.41) is 3.12. The molecule has 1 heterocycles. The van der Waals surface area contributed by atoms with Gasteiger partial charge in [0.25, 0.3) is 0 Å². The number of benzene rings is 1. The third-order valence-electron chi connectivity index (χ3n) is 3.37. The summed E-state index contributed by atoms with van der Waals surface area (Å²) in [5.41, 5.74) is 2.16. The van der Waals surface area contributed by atoms with Gasteiger partial charge in [-0.3, -0.25) is 4.98 Å². The van der Waals surface area contributed by atoms with Crippen molar-refractivity contribution in [3.8, 4) is 0 Å². The van der Waals surface area contributed by atoms with Crippen molar-refractivity contribution < 1.29 is 13.2 Å². The van der Waals surface area contributed by atoms with Crippen molar-refractivity contribution in [2.75, 3.05) is 7.05 Å². The summed E-state index contributed by atoms with van der Waals surface area (Å²) >= 11 is 0. The Hall–Kier alpha value is -1.88. The van der Waals surface area contributed by atoms with E-state index in [0.29, 0.717) is 6.42 Å². The van der Waals surface area contributed by atoms with Gasteiger partial charge in [0.2, 0.25) is 0 Å². The highest BCUT2D eigenvalue weighted by Gasteiger charge is 2.30. The van der Waals surface area contributed by atoms with Crippen molar-refractivity contribution in [1.82, 2.24) is 10.3 Å². The second-order valence-corrected chi connectivity index (χ2v) is 4.99. The van der Waals surface area contributed by atoms with Crippen molar-refractivity contribution in [1.29, 1.82) is 0 Å². The van der Waals surface area contributed by atoms with Gasteiger partial charge in [-0.1, -0.05) is 18.2 Å². The number of likely N-dealkylation sites (N-methyl/N-ethyl adjacent to an activating group) is 1. The molecule has 0 radical (unpaired) electrons. The van der Waals surface area contributed by atoms with Crippen LogP contribution in [0.2, 0.25) is 0 Å². The first-order chi connectivity index (χ1) is 9.90. The number of hydrogen-bond donors (Lipinski definition) is 1. The molecule has 0 saturated carbocycles. The summed E-state index contributed by atoms with van der Waals surface area (Å²) in [7, 11) is 1.79. The SMILES string of the molecule is CNC(Cc1ccc(C)cn1)c1ccc(C(F)(F)F)cc1. The first kappa shape index (κ1) is 15.5. The van der Waals surface area contributed by atoms with Gasteiger partial charge in [-0.2, -0.15) is 13.2 Å². The van der Waals surface area contributed by atoms with Gasteiger partial charge in [0.15, 0.2) is 0 Å². The van der Waals surface area contributed by atoms with Gasteiger partial charge in [0.1, 0.15) is 0 Å². The molecule has 1 aromatic heterocycles. The van der Waals surface area contributed by atoms with E-state index in [9.17, 15) is 13.2 Å². The molecule has 1 aromatic carbocycles. The maximum absolute atomic E-state index is 12.6. The molecule has 0 amide bonds. The number of pyridine rings is 1. The molecule has 1 N–H and O–H groups in total. The number of hydrogen-bond acceptors (Lipinski definition) is 2. The zero-order valence-corrected chi connectivity index (χ0v) is 11.9. The van der Waals surface area contributed by atoms with Gasteiger partial charge < -0.3 is 5.32 Å². The summed E-state index contributed by atoms with van der Waals surface area (Å²) in [5.74, 6) is 0. The van der Waals surface area contributed by atoms with E-state index in [1.165, 1.54) is 12.1 Å². The van der Waals surface area contributed by atoms with Crippen LogP contribution in [0.1, 0.15) is 28.4 Å². The van der Waals surface area contributed by atoms with Crippen LogP contribution in [-0.2, 0) is 12.6 Å². The van der Waals surface area contributed by atoms with Crippen LogP contribution in [0.25, 0.3) is 0 Å². The molecule has 2 nitrogen and oxygen atoms in total. The Morgan fingerprint density at radius 2 is 1.76 bits per heavy atom. The van der Waals surface area contributed by atoms with Crippen molar-refractivity contribution in [3.63, 3.8) is 0 Å². The van der Waals surface area contributed by atoms with Gasteiger partial charge in [-0.15, -0.1) is 0 Å². The second-order valence-electron chi connectivity index (χ2n) is 4.99. The predicted octanol–water partition coefficient (Wildman–Crippen LogP) is 3.91. The summed E-state index contributed by atoms with van der Waals surface area (Å²) in [6.07, 6.45) is -1.89. The molecule has 0 fully saturated rings. The summed E-state index contributed by atoms with van der Waals surface area (Å²) in [4.78, 5) is 4.33. The lowest BCUT2D eigenvalue weighted by Crippen LogP contribution is -2.19. The molecule has 0 aliphatic carbocycles. The van der Waals surface area contributed by atoms with Gasteiger partial charge in [0, 0.05) is 24.4 Å². The lowest BCUT2D eigenvalue weighted by molar-refractivity contribution is -0.137. The third kappa shape index (κ3) is 4.04. The number of rotatable bonds is 4. The van der Waals surface area contributed by atoms with E-state index >= 15 is 0 Å². The summed E-state index contributed by atoms with van der Waals surface area (Å²) < 4.78 is 37.7. The molecule has 0 aliphatic rings. The van der Waals surface area contributed by atoms with Crippen LogP contribution in [0.5, 0.6) is 0 Å². The Kier molecular flexibility index (Phi) is 4.63. The van der Waals surface area contributed by atoms with Gasteiger partial charge in [-0.05, 0) is 43.3 Å². The fourth-order valence-electron chi connectivity index (χ4n) is 2.12. The van der Waals surface area contributed by atoms with E-state index in [0.717, 1.165) is 29.0 Å². The summed E-state index contributed by atoms with van der Waals surface area (Å²) in [6, 6.07) is 9.09. The number of alkyl halides is 3. The Morgan fingerprint density at radius 1 is 1.10 bits per heavy atom. The summed E-state index contributed by atoms with van der Waals surface area (Å²) in [6.45, 7) is 1.96. The van der Waals surface area contributed by atoms with E-state index in [4.69, 9.17) is 0 Å². The van der Waals surface area contributed by atoms with Crippen molar-refractivity contribution in [3.05, 3.63) is 65.0 Å². The maximum Gasteiger partial charge on any atom is 0.416 e. The molecule has 0 spiro atoms. The highest BCUT2D eigenvalue weighted by atomic mass is 19.4. The fourth-order valence-corrected chi connectivity index (χ4v) is 2.12. The molecule has 0 bridgehead atoms. The average molecular weight is 294 g/mol. The maximum atomic E-state index is 12.6. The Labute approximate surface area is 122 Å². The first-order valence-electron chi connectivity index (χ1n) is 6.66. The van der Waals surface area contributed by atoms with Crippen LogP contribution >= 0.6 is 0 Å².